The highest BCUT2D eigenvalue weighted by Gasteiger charge is 2.29. The molecule has 0 aliphatic carbocycles. The fraction of sp³-hybridized carbons (Fsp3) is 0.167. The highest BCUT2D eigenvalue weighted by Crippen LogP contribution is 2.32. The van der Waals surface area contributed by atoms with E-state index in [1.807, 2.05) is 24.3 Å². The van der Waals surface area contributed by atoms with Crippen LogP contribution in [-0.2, 0) is 23.5 Å². The Morgan fingerprint density at radius 3 is 2.57 bits per heavy atom. The lowest BCUT2D eigenvalue weighted by molar-refractivity contribution is -0.384. The number of amides is 1. The maximum atomic E-state index is 13.3. The average Bonchev–Trinajstić information content (AvgIpc) is 3.18. The van der Waals surface area contributed by atoms with Gasteiger partial charge >= 0.3 is 0 Å². The summed E-state index contributed by atoms with van der Waals surface area (Å²) in [7, 11) is -2.10. The van der Waals surface area contributed by atoms with Gasteiger partial charge in [0, 0.05) is 31.3 Å². The number of aromatic nitrogens is 1. The number of benzene rings is 3. The Bertz CT molecular complexity index is 1650. The second kappa shape index (κ2) is 8.75. The molecule has 178 valence electrons. The van der Waals surface area contributed by atoms with Gasteiger partial charge in [-0.1, -0.05) is 29.5 Å². The van der Waals surface area contributed by atoms with Crippen LogP contribution in [-0.4, -0.2) is 30.4 Å². The number of nitro benzene ring substituents is 1. The van der Waals surface area contributed by atoms with Crippen LogP contribution >= 0.6 is 11.3 Å². The second-order valence-corrected chi connectivity index (χ2v) is 11.0. The lowest BCUT2D eigenvalue weighted by Gasteiger charge is -2.30. The van der Waals surface area contributed by atoms with Crippen LogP contribution in [0, 0.1) is 10.1 Å². The topological polar surface area (TPSA) is 115 Å². The third-order valence-corrected chi connectivity index (χ3v) is 8.90. The molecule has 1 aromatic heterocycles. The van der Waals surface area contributed by atoms with Crippen molar-refractivity contribution >= 4 is 48.9 Å². The van der Waals surface area contributed by atoms with Crippen molar-refractivity contribution in [2.24, 2.45) is 12.0 Å². The van der Waals surface area contributed by atoms with E-state index in [2.05, 4.69) is 4.99 Å². The number of nitrogens with zero attached hydrogens (tertiary/aromatic N) is 4. The van der Waals surface area contributed by atoms with Gasteiger partial charge in [0.2, 0.25) is 0 Å². The van der Waals surface area contributed by atoms with Crippen LogP contribution in [0.4, 0.5) is 11.4 Å². The highest BCUT2D eigenvalue weighted by molar-refractivity contribution is 7.92. The molecule has 0 unspecified atom stereocenters. The Labute approximate surface area is 204 Å². The third kappa shape index (κ3) is 4.13. The van der Waals surface area contributed by atoms with Gasteiger partial charge in [0.05, 0.1) is 25.7 Å². The molecular weight excluding hydrogens is 488 g/mol. The first-order valence-corrected chi connectivity index (χ1v) is 13.0. The smallest absolute Gasteiger partial charge is 0.279 e. The number of rotatable bonds is 4. The number of fused-ring (bicyclic) bond motifs is 2. The van der Waals surface area contributed by atoms with Crippen LogP contribution in [0.25, 0.3) is 10.2 Å². The number of hydrogen-bond acceptors (Lipinski definition) is 6. The number of carbonyl (C=O) groups excluding carboxylic acids is 1. The fourth-order valence-corrected chi connectivity index (χ4v) is 6.67. The zero-order valence-electron chi connectivity index (χ0n) is 18.6. The molecule has 2 heterocycles. The first-order valence-electron chi connectivity index (χ1n) is 10.8. The van der Waals surface area contributed by atoms with Crippen LogP contribution in [0.2, 0.25) is 0 Å². The SMILES string of the molecule is Cn1c(=NC(=O)c2ccc(S(=O)(=O)N3CCCc4ccccc43)cc2)sc2ccc([N+](=O)[O-])cc21. The Kier molecular flexibility index (Phi) is 5.73. The van der Waals surface area contributed by atoms with Crippen molar-refractivity contribution in [3.63, 3.8) is 0 Å². The predicted octanol–water partition coefficient (Wildman–Crippen LogP) is 4.03. The summed E-state index contributed by atoms with van der Waals surface area (Å²) in [6, 6.07) is 17.7. The lowest BCUT2D eigenvalue weighted by Crippen LogP contribution is -2.35. The van der Waals surface area contributed by atoms with Gasteiger partial charge in [-0.25, -0.2) is 8.42 Å². The van der Waals surface area contributed by atoms with E-state index in [4.69, 9.17) is 0 Å². The van der Waals surface area contributed by atoms with E-state index in [-0.39, 0.29) is 16.1 Å². The first-order chi connectivity index (χ1) is 16.8. The molecule has 9 nitrogen and oxygen atoms in total. The van der Waals surface area contributed by atoms with Crippen molar-refractivity contribution in [3.8, 4) is 0 Å². The zero-order chi connectivity index (χ0) is 24.7. The minimum atomic E-state index is -3.78. The molecule has 4 aromatic rings. The number of nitro groups is 1. The lowest BCUT2D eigenvalue weighted by atomic mass is 10.0. The number of anilines is 1. The molecule has 0 bridgehead atoms. The molecule has 0 saturated heterocycles. The Hall–Kier alpha value is -3.83. The summed E-state index contributed by atoms with van der Waals surface area (Å²) in [4.78, 5) is 28.0. The van der Waals surface area contributed by atoms with Crippen molar-refractivity contribution in [3.05, 3.63) is 92.8 Å². The molecule has 1 aliphatic heterocycles. The molecule has 0 saturated carbocycles. The van der Waals surface area contributed by atoms with Crippen LogP contribution in [0.15, 0.2) is 76.6 Å². The predicted molar refractivity (Wildman–Crippen MR) is 133 cm³/mol. The normalized spacial score (nSPS) is 14.2. The van der Waals surface area contributed by atoms with Crippen LogP contribution in [0.1, 0.15) is 22.3 Å². The summed E-state index contributed by atoms with van der Waals surface area (Å²) >= 11 is 1.24. The number of non-ortho nitro benzene ring substituents is 1. The van der Waals surface area contributed by atoms with Crippen molar-refractivity contribution in [2.45, 2.75) is 17.7 Å². The first kappa shape index (κ1) is 22.9. The molecule has 11 heteroatoms. The molecule has 0 spiro atoms. The van der Waals surface area contributed by atoms with Gasteiger partial charge < -0.3 is 4.57 Å². The molecule has 35 heavy (non-hydrogen) atoms. The van der Waals surface area contributed by atoms with Crippen molar-refractivity contribution in [2.75, 3.05) is 10.8 Å². The highest BCUT2D eigenvalue weighted by atomic mass is 32.2. The van der Waals surface area contributed by atoms with Crippen LogP contribution < -0.4 is 9.11 Å². The molecule has 3 aromatic carbocycles. The van der Waals surface area contributed by atoms with Gasteiger partial charge in [-0.15, -0.1) is 0 Å². The van der Waals surface area contributed by atoms with E-state index >= 15 is 0 Å². The van der Waals surface area contributed by atoms with Crippen LogP contribution in [0.5, 0.6) is 0 Å². The minimum absolute atomic E-state index is 0.0445. The van der Waals surface area contributed by atoms with E-state index < -0.39 is 20.9 Å². The monoisotopic (exact) mass is 508 g/mol. The standard InChI is InChI=1S/C24H20N4O5S2/c1-26-21-15-18(28(30)31)10-13-22(21)34-24(26)25-23(29)17-8-11-19(12-9-17)35(32,33)27-14-4-6-16-5-2-3-7-20(16)27/h2-3,5,7-13,15H,4,6,14H2,1H3. The zero-order valence-corrected chi connectivity index (χ0v) is 20.3. The fourth-order valence-electron chi connectivity index (χ4n) is 4.13. The number of hydrogen-bond donors (Lipinski definition) is 0. The van der Waals surface area contributed by atoms with Crippen molar-refractivity contribution in [1.29, 1.82) is 0 Å². The van der Waals surface area contributed by atoms with Gasteiger partial charge in [-0.2, -0.15) is 4.99 Å². The van der Waals surface area contributed by atoms with Crippen molar-refractivity contribution in [1.82, 2.24) is 4.57 Å². The molecule has 1 aliphatic rings. The molecular formula is C24H20N4O5S2. The van der Waals surface area contributed by atoms with E-state index in [9.17, 15) is 23.3 Å². The van der Waals surface area contributed by atoms with Gasteiger partial charge in [0.25, 0.3) is 21.6 Å². The number of sulfonamides is 1. The summed E-state index contributed by atoms with van der Waals surface area (Å²) in [6.45, 7) is 0.399. The number of aryl methyl sites for hydroxylation is 2. The average molecular weight is 509 g/mol. The van der Waals surface area contributed by atoms with E-state index in [0.29, 0.717) is 22.6 Å². The molecule has 0 radical (unpaired) electrons. The number of carbonyl (C=O) groups is 1. The summed E-state index contributed by atoms with van der Waals surface area (Å²) in [5.41, 5.74) is 2.48. The second-order valence-electron chi connectivity index (χ2n) is 8.10. The molecule has 5 rings (SSSR count). The number of thiazole rings is 1. The Morgan fingerprint density at radius 2 is 1.83 bits per heavy atom. The van der Waals surface area contributed by atoms with Gasteiger partial charge in [0.15, 0.2) is 4.80 Å². The third-order valence-electron chi connectivity index (χ3n) is 5.96. The van der Waals surface area contributed by atoms with Gasteiger partial charge in [0.1, 0.15) is 0 Å². The quantitative estimate of drug-likeness (QED) is 0.305. The summed E-state index contributed by atoms with van der Waals surface area (Å²) in [5, 5.41) is 11.1. The molecule has 0 fully saturated rings. The summed E-state index contributed by atoms with van der Waals surface area (Å²) < 4.78 is 30.4. The number of para-hydroxylation sites is 1. The van der Waals surface area contributed by atoms with E-state index in [0.717, 1.165) is 23.1 Å². The van der Waals surface area contributed by atoms with Crippen molar-refractivity contribution < 1.29 is 18.1 Å². The molecule has 1 amide bonds. The maximum Gasteiger partial charge on any atom is 0.279 e. The minimum Gasteiger partial charge on any atom is -0.319 e. The maximum absolute atomic E-state index is 13.3. The van der Waals surface area contributed by atoms with E-state index in [1.54, 1.807) is 17.7 Å². The van der Waals surface area contributed by atoms with Gasteiger partial charge in [-0.05, 0) is 54.8 Å². The molecule has 0 N–H and O–H groups in total. The summed E-state index contributed by atoms with van der Waals surface area (Å²) in [6.07, 6.45) is 1.57. The Balaban J connectivity index is 1.44. The van der Waals surface area contributed by atoms with Crippen LogP contribution in [0.3, 0.4) is 0 Å². The van der Waals surface area contributed by atoms with Gasteiger partial charge in [-0.3, -0.25) is 19.2 Å². The summed E-state index contributed by atoms with van der Waals surface area (Å²) in [5.74, 6) is -0.533. The van der Waals surface area contributed by atoms with E-state index in [1.165, 1.54) is 52.0 Å². The largest absolute Gasteiger partial charge is 0.319 e. The Morgan fingerprint density at radius 1 is 1.09 bits per heavy atom. The molecule has 0 atom stereocenters.